The number of aryl methyl sites for hydroxylation is 2. The molecule has 0 aliphatic carbocycles. The van der Waals surface area contributed by atoms with Crippen LogP contribution in [0, 0.1) is 13.8 Å². The van der Waals surface area contributed by atoms with Crippen LogP contribution in [0.15, 0.2) is 53.9 Å². The Morgan fingerprint density at radius 2 is 1.74 bits per heavy atom. The highest BCUT2D eigenvalue weighted by atomic mass is 32.1. The third-order valence-electron chi connectivity index (χ3n) is 3.90. The van der Waals surface area contributed by atoms with E-state index in [0.717, 1.165) is 12.1 Å². The molecule has 2 aromatic heterocycles. The summed E-state index contributed by atoms with van der Waals surface area (Å²) in [6, 6.07) is 16.1. The van der Waals surface area contributed by atoms with E-state index in [9.17, 15) is 4.79 Å². The topological polar surface area (TPSA) is 34.0 Å². The van der Waals surface area contributed by atoms with Crippen LogP contribution in [0.2, 0.25) is 0 Å². The van der Waals surface area contributed by atoms with E-state index in [4.69, 9.17) is 0 Å². The zero-order chi connectivity index (χ0) is 16.2. The first-order chi connectivity index (χ1) is 11.1. The second-order valence-corrected chi connectivity index (χ2v) is 6.62. The molecule has 0 fully saturated rings. The molecule has 0 unspecified atom stereocenters. The zero-order valence-corrected chi connectivity index (χ0v) is 14.2. The molecule has 2 heterocycles. The lowest BCUT2D eigenvalue weighted by molar-refractivity contribution is 0.0954. The Morgan fingerprint density at radius 3 is 2.35 bits per heavy atom. The van der Waals surface area contributed by atoms with E-state index in [1.54, 1.807) is 11.3 Å². The highest BCUT2D eigenvalue weighted by molar-refractivity contribution is 7.09. The van der Waals surface area contributed by atoms with E-state index in [0.29, 0.717) is 12.1 Å². The fourth-order valence-electron chi connectivity index (χ4n) is 2.69. The summed E-state index contributed by atoms with van der Waals surface area (Å²) in [6.45, 7) is 4.83. The van der Waals surface area contributed by atoms with Crippen molar-refractivity contribution in [2.24, 2.45) is 0 Å². The lowest BCUT2D eigenvalue weighted by Gasteiger charge is -2.10. The zero-order valence-electron chi connectivity index (χ0n) is 13.4. The second kappa shape index (κ2) is 6.84. The van der Waals surface area contributed by atoms with Gasteiger partial charge < -0.3 is 9.88 Å². The van der Waals surface area contributed by atoms with Gasteiger partial charge in [-0.15, -0.1) is 11.3 Å². The van der Waals surface area contributed by atoms with E-state index in [1.165, 1.54) is 16.3 Å². The molecule has 0 bridgehead atoms. The minimum Gasteiger partial charge on any atom is -0.352 e. The molecule has 0 atom stereocenters. The average Bonchev–Trinajstić information content (AvgIpc) is 3.18. The molecule has 0 aliphatic heterocycles. The van der Waals surface area contributed by atoms with Crippen molar-refractivity contribution in [1.29, 1.82) is 0 Å². The van der Waals surface area contributed by atoms with Crippen LogP contribution in [0.1, 0.15) is 26.6 Å². The van der Waals surface area contributed by atoms with Crippen molar-refractivity contribution in [1.82, 2.24) is 9.88 Å². The number of carbonyl (C=O) groups is 1. The molecule has 1 N–H and O–H groups in total. The molecular weight excluding hydrogens is 304 g/mol. The number of hydrogen-bond donors (Lipinski definition) is 1. The third kappa shape index (κ3) is 3.54. The van der Waals surface area contributed by atoms with Gasteiger partial charge >= 0.3 is 0 Å². The first-order valence-electron chi connectivity index (χ1n) is 7.71. The molecule has 0 saturated carbocycles. The first-order valence-corrected chi connectivity index (χ1v) is 8.59. The van der Waals surface area contributed by atoms with Crippen molar-refractivity contribution in [3.8, 4) is 5.69 Å². The molecule has 3 nitrogen and oxygen atoms in total. The van der Waals surface area contributed by atoms with E-state index < -0.39 is 0 Å². The molecule has 1 amide bonds. The van der Waals surface area contributed by atoms with Gasteiger partial charge in [-0.3, -0.25) is 4.79 Å². The summed E-state index contributed by atoms with van der Waals surface area (Å²) in [7, 11) is 0. The van der Waals surface area contributed by atoms with Gasteiger partial charge in [-0.2, -0.15) is 0 Å². The lowest BCUT2D eigenvalue weighted by atomic mass is 10.2. The summed E-state index contributed by atoms with van der Waals surface area (Å²) in [6.07, 6.45) is 0.878. The van der Waals surface area contributed by atoms with Gasteiger partial charge in [0.05, 0.1) is 0 Å². The Morgan fingerprint density at radius 1 is 1.04 bits per heavy atom. The van der Waals surface area contributed by atoms with Gasteiger partial charge in [0.1, 0.15) is 0 Å². The third-order valence-corrected chi connectivity index (χ3v) is 4.83. The number of benzene rings is 1. The monoisotopic (exact) mass is 324 g/mol. The molecule has 0 spiro atoms. The van der Waals surface area contributed by atoms with Crippen molar-refractivity contribution < 1.29 is 4.79 Å². The van der Waals surface area contributed by atoms with Crippen molar-refractivity contribution in [2.45, 2.75) is 20.3 Å². The maximum absolute atomic E-state index is 12.2. The summed E-state index contributed by atoms with van der Waals surface area (Å²) in [5, 5.41) is 5.03. The number of nitrogens with zero attached hydrogens (tertiary/aromatic N) is 1. The Bertz CT molecular complexity index is 766. The van der Waals surface area contributed by atoms with Crippen LogP contribution in [-0.2, 0) is 6.42 Å². The number of carbonyl (C=O) groups excluding carboxylic acids is 1. The van der Waals surface area contributed by atoms with Crippen LogP contribution in [0.4, 0.5) is 0 Å². The fraction of sp³-hybridized carbons (Fsp3) is 0.211. The van der Waals surface area contributed by atoms with Gasteiger partial charge in [-0.1, -0.05) is 6.07 Å². The highest BCUT2D eigenvalue weighted by Crippen LogP contribution is 2.17. The Labute approximate surface area is 140 Å². The summed E-state index contributed by atoms with van der Waals surface area (Å²) in [5.74, 6) is -0.0194. The Kier molecular flexibility index (Phi) is 4.63. The van der Waals surface area contributed by atoms with E-state index in [-0.39, 0.29) is 5.91 Å². The number of nitrogens with one attached hydrogen (secondary N) is 1. The number of thiophene rings is 1. The van der Waals surface area contributed by atoms with Gasteiger partial charge in [0.2, 0.25) is 0 Å². The van der Waals surface area contributed by atoms with Crippen LogP contribution >= 0.6 is 11.3 Å². The SMILES string of the molecule is Cc1ccc(C)n1-c1ccc(C(=O)NCCc2cccs2)cc1. The summed E-state index contributed by atoms with van der Waals surface area (Å²) < 4.78 is 2.18. The summed E-state index contributed by atoms with van der Waals surface area (Å²) in [4.78, 5) is 13.5. The van der Waals surface area contributed by atoms with E-state index >= 15 is 0 Å². The van der Waals surface area contributed by atoms with E-state index in [2.05, 4.69) is 47.3 Å². The molecule has 118 valence electrons. The van der Waals surface area contributed by atoms with Crippen molar-refractivity contribution >= 4 is 17.2 Å². The molecule has 1 aromatic carbocycles. The van der Waals surface area contributed by atoms with Crippen LogP contribution in [-0.4, -0.2) is 17.0 Å². The second-order valence-electron chi connectivity index (χ2n) is 5.58. The molecular formula is C19H20N2OS. The molecule has 0 saturated heterocycles. The molecule has 0 radical (unpaired) electrons. The average molecular weight is 324 g/mol. The molecule has 0 aliphatic rings. The van der Waals surface area contributed by atoms with Gasteiger partial charge in [-0.05, 0) is 68.1 Å². The van der Waals surface area contributed by atoms with Crippen LogP contribution < -0.4 is 5.32 Å². The normalized spacial score (nSPS) is 10.7. The van der Waals surface area contributed by atoms with Crippen LogP contribution in [0.5, 0.6) is 0 Å². The van der Waals surface area contributed by atoms with Gasteiger partial charge in [0.25, 0.3) is 5.91 Å². The Hall–Kier alpha value is -2.33. The van der Waals surface area contributed by atoms with Gasteiger partial charge in [-0.25, -0.2) is 0 Å². The number of aromatic nitrogens is 1. The number of rotatable bonds is 5. The molecule has 3 rings (SSSR count). The van der Waals surface area contributed by atoms with Crippen LogP contribution in [0.25, 0.3) is 5.69 Å². The van der Waals surface area contributed by atoms with Crippen molar-refractivity contribution in [2.75, 3.05) is 6.54 Å². The molecule has 23 heavy (non-hydrogen) atoms. The summed E-state index contributed by atoms with van der Waals surface area (Å²) in [5.41, 5.74) is 4.16. The maximum Gasteiger partial charge on any atom is 0.251 e. The minimum absolute atomic E-state index is 0.0194. The van der Waals surface area contributed by atoms with Gasteiger partial charge in [0, 0.05) is 34.1 Å². The van der Waals surface area contributed by atoms with Crippen LogP contribution in [0.3, 0.4) is 0 Å². The number of amides is 1. The maximum atomic E-state index is 12.2. The Balaban J connectivity index is 1.63. The van der Waals surface area contributed by atoms with E-state index in [1.807, 2.05) is 30.3 Å². The van der Waals surface area contributed by atoms with Crippen molar-refractivity contribution in [3.63, 3.8) is 0 Å². The predicted molar refractivity (Wildman–Crippen MR) is 95.6 cm³/mol. The van der Waals surface area contributed by atoms with Gasteiger partial charge in [0.15, 0.2) is 0 Å². The molecule has 4 heteroatoms. The smallest absolute Gasteiger partial charge is 0.251 e. The first kappa shape index (κ1) is 15.6. The molecule has 3 aromatic rings. The fourth-order valence-corrected chi connectivity index (χ4v) is 3.40. The highest BCUT2D eigenvalue weighted by Gasteiger charge is 2.07. The lowest BCUT2D eigenvalue weighted by Crippen LogP contribution is -2.25. The number of hydrogen-bond acceptors (Lipinski definition) is 2. The quantitative estimate of drug-likeness (QED) is 0.752. The summed E-state index contributed by atoms with van der Waals surface area (Å²) >= 11 is 1.72. The largest absolute Gasteiger partial charge is 0.352 e. The van der Waals surface area contributed by atoms with Crippen molar-refractivity contribution in [3.05, 3.63) is 75.7 Å². The standard InChI is InChI=1S/C19H20N2OS/c1-14-5-6-15(2)21(14)17-9-7-16(8-10-17)19(22)20-12-11-18-4-3-13-23-18/h3-10,13H,11-12H2,1-2H3,(H,20,22). The minimum atomic E-state index is -0.0194. The predicted octanol–water partition coefficient (Wildman–Crippen LogP) is 4.13.